The van der Waals surface area contributed by atoms with Gasteiger partial charge in [-0.2, -0.15) is 0 Å². The zero-order valence-corrected chi connectivity index (χ0v) is 8.45. The Morgan fingerprint density at radius 3 is 2.23 bits per heavy atom. The van der Waals surface area contributed by atoms with Crippen LogP contribution < -0.4 is 5.32 Å². The molecular formula is C8H19NO4. The van der Waals surface area contributed by atoms with Crippen molar-refractivity contribution >= 4 is 0 Å². The number of ether oxygens (including phenoxy) is 3. The molecule has 0 aromatic carbocycles. The molecule has 0 heterocycles. The molecule has 80 valence electrons. The lowest BCUT2D eigenvalue weighted by molar-refractivity contribution is -0.0997. The zero-order chi connectivity index (χ0) is 10.1. The van der Waals surface area contributed by atoms with E-state index in [9.17, 15) is 5.11 Å². The largest absolute Gasteiger partial charge is 0.389 e. The van der Waals surface area contributed by atoms with Crippen LogP contribution in [0.3, 0.4) is 0 Å². The summed E-state index contributed by atoms with van der Waals surface area (Å²) in [7, 11) is 4.69. The summed E-state index contributed by atoms with van der Waals surface area (Å²) in [5, 5.41) is 12.2. The fourth-order valence-electron chi connectivity index (χ4n) is 0.882. The molecule has 0 saturated carbocycles. The summed E-state index contributed by atoms with van der Waals surface area (Å²) >= 11 is 0. The van der Waals surface area contributed by atoms with Gasteiger partial charge in [0.2, 0.25) is 0 Å². The first-order valence-electron chi connectivity index (χ1n) is 4.17. The normalized spacial score (nSPS) is 13.6. The van der Waals surface area contributed by atoms with Gasteiger partial charge in [0.25, 0.3) is 0 Å². The molecule has 0 saturated heterocycles. The van der Waals surface area contributed by atoms with Gasteiger partial charge in [-0.3, -0.25) is 0 Å². The Labute approximate surface area is 79.0 Å². The number of nitrogens with one attached hydrogen (secondary N) is 1. The molecule has 0 aromatic heterocycles. The van der Waals surface area contributed by atoms with Gasteiger partial charge in [0, 0.05) is 34.4 Å². The van der Waals surface area contributed by atoms with Crippen molar-refractivity contribution in [3.8, 4) is 0 Å². The predicted octanol–water partition coefficient (Wildman–Crippen LogP) is -0.798. The summed E-state index contributed by atoms with van der Waals surface area (Å²) in [5.41, 5.74) is 0. The van der Waals surface area contributed by atoms with E-state index in [0.717, 1.165) is 0 Å². The number of aliphatic hydroxyl groups excluding tert-OH is 1. The number of hydrogen-bond acceptors (Lipinski definition) is 5. The molecule has 2 N–H and O–H groups in total. The number of methoxy groups -OCH3 is 3. The van der Waals surface area contributed by atoms with E-state index in [4.69, 9.17) is 14.2 Å². The molecule has 1 unspecified atom stereocenters. The molecule has 5 nitrogen and oxygen atoms in total. The van der Waals surface area contributed by atoms with Gasteiger partial charge in [0.1, 0.15) is 0 Å². The minimum atomic E-state index is -0.487. The molecule has 0 spiro atoms. The van der Waals surface area contributed by atoms with Crippen LogP contribution in [-0.2, 0) is 14.2 Å². The molecule has 0 radical (unpaired) electrons. The van der Waals surface area contributed by atoms with Gasteiger partial charge in [-0.05, 0) is 0 Å². The summed E-state index contributed by atoms with van der Waals surface area (Å²) < 4.78 is 14.6. The smallest absolute Gasteiger partial charge is 0.169 e. The highest BCUT2D eigenvalue weighted by atomic mass is 16.7. The molecule has 0 amide bonds. The maximum Gasteiger partial charge on any atom is 0.169 e. The fraction of sp³-hybridized carbons (Fsp3) is 1.00. The minimum absolute atomic E-state index is 0.269. The molecule has 13 heavy (non-hydrogen) atoms. The molecule has 0 aromatic rings. The second kappa shape index (κ2) is 8.40. The van der Waals surface area contributed by atoms with Crippen molar-refractivity contribution in [2.24, 2.45) is 0 Å². The monoisotopic (exact) mass is 193 g/mol. The van der Waals surface area contributed by atoms with Gasteiger partial charge in [-0.15, -0.1) is 0 Å². The lowest BCUT2D eigenvalue weighted by Crippen LogP contribution is -2.36. The lowest BCUT2D eigenvalue weighted by atomic mass is 10.4. The molecule has 0 bridgehead atoms. The van der Waals surface area contributed by atoms with Gasteiger partial charge < -0.3 is 24.6 Å². The maximum atomic E-state index is 9.24. The van der Waals surface area contributed by atoms with E-state index in [1.165, 1.54) is 0 Å². The molecule has 5 heteroatoms. The molecule has 0 aliphatic carbocycles. The Morgan fingerprint density at radius 1 is 1.15 bits per heavy atom. The van der Waals surface area contributed by atoms with Crippen molar-refractivity contribution < 1.29 is 19.3 Å². The van der Waals surface area contributed by atoms with Gasteiger partial charge in [-0.1, -0.05) is 0 Å². The van der Waals surface area contributed by atoms with Gasteiger partial charge >= 0.3 is 0 Å². The first-order valence-corrected chi connectivity index (χ1v) is 4.17. The molecule has 0 rings (SSSR count). The standard InChI is InChI=1S/C8H19NO4/c1-11-6-7(10)4-9-5-8(12-2)13-3/h7-10H,4-6H2,1-3H3. The Balaban J connectivity index is 3.32. The van der Waals surface area contributed by atoms with Gasteiger partial charge in [-0.25, -0.2) is 0 Å². The summed E-state index contributed by atoms with van der Waals surface area (Å²) in [6, 6.07) is 0. The Kier molecular flexibility index (Phi) is 8.27. The quantitative estimate of drug-likeness (QED) is 0.494. The van der Waals surface area contributed by atoms with Crippen molar-refractivity contribution in [3.05, 3.63) is 0 Å². The van der Waals surface area contributed by atoms with Crippen LogP contribution in [0.1, 0.15) is 0 Å². The van der Waals surface area contributed by atoms with Crippen molar-refractivity contribution in [3.63, 3.8) is 0 Å². The molecule has 0 aliphatic heterocycles. The minimum Gasteiger partial charge on any atom is -0.389 e. The fourth-order valence-corrected chi connectivity index (χ4v) is 0.882. The van der Waals surface area contributed by atoms with Crippen LogP contribution in [0.25, 0.3) is 0 Å². The Hall–Kier alpha value is -0.200. The third-order valence-corrected chi connectivity index (χ3v) is 1.58. The third-order valence-electron chi connectivity index (χ3n) is 1.58. The second-order valence-corrected chi connectivity index (χ2v) is 2.67. The van der Waals surface area contributed by atoms with E-state index in [1.54, 1.807) is 21.3 Å². The summed E-state index contributed by atoms with van der Waals surface area (Å²) in [4.78, 5) is 0. The molecule has 1 atom stereocenters. The first-order chi connectivity index (χ1) is 6.24. The first kappa shape index (κ1) is 12.8. The lowest BCUT2D eigenvalue weighted by Gasteiger charge is -2.15. The highest BCUT2D eigenvalue weighted by Crippen LogP contribution is 1.88. The second-order valence-electron chi connectivity index (χ2n) is 2.67. The highest BCUT2D eigenvalue weighted by Gasteiger charge is 2.06. The number of hydrogen-bond donors (Lipinski definition) is 2. The van der Waals surface area contributed by atoms with Crippen LogP contribution >= 0.6 is 0 Å². The van der Waals surface area contributed by atoms with E-state index in [-0.39, 0.29) is 6.29 Å². The Bertz CT molecular complexity index is 108. The van der Waals surface area contributed by atoms with Crippen LogP contribution in [-0.4, -0.2) is 58.5 Å². The van der Waals surface area contributed by atoms with E-state index >= 15 is 0 Å². The van der Waals surface area contributed by atoms with E-state index in [1.807, 2.05) is 0 Å². The molecule has 0 fully saturated rings. The van der Waals surface area contributed by atoms with Crippen LogP contribution in [0.5, 0.6) is 0 Å². The summed E-state index contributed by atoms with van der Waals surface area (Å²) in [5.74, 6) is 0. The molecule has 0 aliphatic rings. The third kappa shape index (κ3) is 6.92. The van der Waals surface area contributed by atoms with Crippen LogP contribution in [0.4, 0.5) is 0 Å². The Morgan fingerprint density at radius 2 is 1.77 bits per heavy atom. The van der Waals surface area contributed by atoms with Crippen molar-refractivity contribution in [2.45, 2.75) is 12.4 Å². The predicted molar refractivity (Wildman–Crippen MR) is 48.6 cm³/mol. The average Bonchev–Trinajstić information content (AvgIpc) is 2.13. The van der Waals surface area contributed by atoms with Crippen molar-refractivity contribution in [1.82, 2.24) is 5.32 Å². The van der Waals surface area contributed by atoms with Crippen molar-refractivity contribution in [2.75, 3.05) is 41.0 Å². The highest BCUT2D eigenvalue weighted by molar-refractivity contribution is 4.58. The van der Waals surface area contributed by atoms with Crippen LogP contribution in [0.2, 0.25) is 0 Å². The number of aliphatic hydroxyl groups is 1. The summed E-state index contributed by atoms with van der Waals surface area (Å²) in [6.45, 7) is 1.35. The maximum absolute atomic E-state index is 9.24. The van der Waals surface area contributed by atoms with Gasteiger partial charge in [0.05, 0.1) is 12.7 Å². The zero-order valence-electron chi connectivity index (χ0n) is 8.45. The molecular weight excluding hydrogens is 174 g/mol. The van der Waals surface area contributed by atoms with Crippen LogP contribution in [0.15, 0.2) is 0 Å². The topological polar surface area (TPSA) is 60.0 Å². The summed E-state index contributed by atoms with van der Waals surface area (Å²) in [6.07, 6.45) is -0.755. The van der Waals surface area contributed by atoms with E-state index < -0.39 is 6.10 Å². The van der Waals surface area contributed by atoms with Crippen molar-refractivity contribution in [1.29, 1.82) is 0 Å². The van der Waals surface area contributed by atoms with Crippen LogP contribution in [0, 0.1) is 0 Å². The van der Waals surface area contributed by atoms with E-state index in [2.05, 4.69) is 5.32 Å². The van der Waals surface area contributed by atoms with Gasteiger partial charge in [0.15, 0.2) is 6.29 Å². The average molecular weight is 193 g/mol. The SMILES string of the molecule is COCC(O)CNCC(OC)OC. The van der Waals surface area contributed by atoms with E-state index in [0.29, 0.717) is 19.7 Å². The number of rotatable bonds is 8.